The molecule has 0 aliphatic carbocycles. The number of nitrogen functional groups attached to an aromatic ring is 1. The summed E-state index contributed by atoms with van der Waals surface area (Å²) in [7, 11) is 1.62. The van der Waals surface area contributed by atoms with Crippen LogP contribution in [0.5, 0.6) is 0 Å². The fraction of sp³-hybridized carbons (Fsp3) is 0.333. The summed E-state index contributed by atoms with van der Waals surface area (Å²) in [6.45, 7) is 4.59. The zero-order valence-electron chi connectivity index (χ0n) is 12.5. The maximum absolute atomic E-state index is 5.44. The molecule has 0 fully saturated rings. The van der Waals surface area contributed by atoms with Gasteiger partial charge in [-0.15, -0.1) is 11.8 Å². The Balaban J connectivity index is 2.13. The first-order valence-corrected chi connectivity index (χ1v) is 7.62. The molecule has 1 aromatic heterocycles. The molecule has 2 rings (SSSR count). The molecule has 0 spiro atoms. The largest absolute Gasteiger partial charge is 0.377 e. The van der Waals surface area contributed by atoms with E-state index in [-0.39, 0.29) is 0 Å². The zero-order valence-corrected chi connectivity index (χ0v) is 13.3. The minimum atomic E-state index is 0.368. The molecule has 0 saturated heterocycles. The number of anilines is 1. The van der Waals surface area contributed by atoms with Gasteiger partial charge in [-0.3, -0.25) is 0 Å². The normalized spacial score (nSPS) is 10.7. The molecule has 0 radical (unpaired) electrons. The molecule has 0 aliphatic rings. The number of aryl methyl sites for hydroxylation is 2. The van der Waals surface area contributed by atoms with Gasteiger partial charge in [0.15, 0.2) is 5.82 Å². The number of thioether (sulfide) groups is 1. The predicted molar refractivity (Wildman–Crippen MR) is 86.0 cm³/mol. The van der Waals surface area contributed by atoms with Crippen LogP contribution >= 0.6 is 11.8 Å². The topological polar surface area (TPSA) is 73.1 Å². The lowest BCUT2D eigenvalue weighted by Gasteiger charge is -2.08. The first kappa shape index (κ1) is 15.8. The minimum Gasteiger partial charge on any atom is -0.377 e. The Morgan fingerprint density at radius 1 is 1.14 bits per heavy atom. The van der Waals surface area contributed by atoms with Crippen LogP contribution in [0.3, 0.4) is 0 Å². The molecule has 0 aliphatic heterocycles. The molecule has 0 saturated carbocycles. The van der Waals surface area contributed by atoms with Crippen molar-refractivity contribution < 1.29 is 4.74 Å². The third-order valence-electron chi connectivity index (χ3n) is 2.84. The Bertz CT molecular complexity index is 598. The van der Waals surface area contributed by atoms with E-state index in [1.165, 1.54) is 16.7 Å². The molecule has 3 N–H and O–H groups in total. The first-order chi connectivity index (χ1) is 10.1. The van der Waals surface area contributed by atoms with E-state index in [0.717, 1.165) is 10.8 Å². The molecular formula is C15H20N4OS. The molecule has 0 unspecified atom stereocenters. The van der Waals surface area contributed by atoms with E-state index >= 15 is 0 Å². The number of aromatic nitrogens is 2. The Morgan fingerprint density at radius 2 is 1.86 bits per heavy atom. The molecule has 0 atom stereocenters. The summed E-state index contributed by atoms with van der Waals surface area (Å²) < 4.78 is 5.07. The van der Waals surface area contributed by atoms with Gasteiger partial charge in [-0.1, -0.05) is 29.3 Å². The quantitative estimate of drug-likeness (QED) is 0.370. The van der Waals surface area contributed by atoms with Crippen molar-refractivity contribution in [3.8, 4) is 0 Å². The number of hydrazine groups is 1. The predicted octanol–water partition coefficient (Wildman–Crippen LogP) is 2.82. The first-order valence-electron chi connectivity index (χ1n) is 6.64. The van der Waals surface area contributed by atoms with Crippen molar-refractivity contribution in [2.75, 3.05) is 12.5 Å². The molecule has 112 valence electrons. The van der Waals surface area contributed by atoms with Crippen molar-refractivity contribution in [3.05, 3.63) is 46.8 Å². The van der Waals surface area contributed by atoms with Crippen molar-refractivity contribution >= 4 is 17.6 Å². The smallest absolute Gasteiger partial charge is 0.157 e. The zero-order chi connectivity index (χ0) is 15.2. The fourth-order valence-electron chi connectivity index (χ4n) is 2.12. The Morgan fingerprint density at radius 3 is 2.48 bits per heavy atom. The summed E-state index contributed by atoms with van der Waals surface area (Å²) in [4.78, 5) is 8.70. The third kappa shape index (κ3) is 4.70. The number of hydrogen-bond donors (Lipinski definition) is 2. The highest BCUT2D eigenvalue weighted by molar-refractivity contribution is 7.98. The molecule has 1 heterocycles. The van der Waals surface area contributed by atoms with Crippen LogP contribution in [0.2, 0.25) is 0 Å². The van der Waals surface area contributed by atoms with Gasteiger partial charge in [0.2, 0.25) is 0 Å². The lowest BCUT2D eigenvalue weighted by atomic mass is 10.1. The third-order valence-corrected chi connectivity index (χ3v) is 3.82. The number of nitrogens with two attached hydrogens (primary N) is 1. The highest BCUT2D eigenvalue weighted by atomic mass is 32.2. The molecule has 1 aromatic carbocycles. The SMILES string of the molecule is COCc1nc(NN)cc(SCc2cc(C)cc(C)c2)n1. The molecule has 0 bridgehead atoms. The van der Waals surface area contributed by atoms with Gasteiger partial charge >= 0.3 is 0 Å². The summed E-state index contributed by atoms with van der Waals surface area (Å²) in [5, 5.41) is 0.879. The van der Waals surface area contributed by atoms with Gasteiger partial charge in [-0.25, -0.2) is 15.8 Å². The summed E-state index contributed by atoms with van der Waals surface area (Å²) in [6.07, 6.45) is 0. The average molecular weight is 304 g/mol. The number of nitrogens with zero attached hydrogens (tertiary/aromatic N) is 2. The van der Waals surface area contributed by atoms with E-state index in [4.69, 9.17) is 10.6 Å². The second-order valence-corrected chi connectivity index (χ2v) is 5.87. The second-order valence-electron chi connectivity index (χ2n) is 4.87. The number of hydrogen-bond acceptors (Lipinski definition) is 6. The lowest BCUT2D eigenvalue weighted by Crippen LogP contribution is -2.11. The maximum atomic E-state index is 5.44. The van der Waals surface area contributed by atoms with Crippen molar-refractivity contribution in [1.29, 1.82) is 0 Å². The minimum absolute atomic E-state index is 0.368. The van der Waals surface area contributed by atoms with Gasteiger partial charge in [-0.2, -0.15) is 0 Å². The van der Waals surface area contributed by atoms with E-state index in [2.05, 4.69) is 47.4 Å². The summed E-state index contributed by atoms with van der Waals surface area (Å²) in [5.74, 6) is 7.52. The highest BCUT2D eigenvalue weighted by Gasteiger charge is 2.06. The van der Waals surface area contributed by atoms with E-state index < -0.39 is 0 Å². The Labute approximate surface area is 129 Å². The van der Waals surface area contributed by atoms with Crippen LogP contribution in [0.25, 0.3) is 0 Å². The van der Waals surface area contributed by atoms with Crippen LogP contribution in [0.15, 0.2) is 29.3 Å². The van der Waals surface area contributed by atoms with E-state index in [1.54, 1.807) is 18.9 Å². The summed E-state index contributed by atoms with van der Waals surface area (Å²) >= 11 is 1.66. The van der Waals surface area contributed by atoms with Crippen molar-refractivity contribution in [2.24, 2.45) is 5.84 Å². The molecule has 0 amide bonds. The maximum Gasteiger partial charge on any atom is 0.157 e. The van der Waals surface area contributed by atoms with Crippen LogP contribution in [-0.4, -0.2) is 17.1 Å². The fourth-order valence-corrected chi connectivity index (χ4v) is 2.97. The van der Waals surface area contributed by atoms with Gasteiger partial charge < -0.3 is 10.2 Å². The molecule has 5 nitrogen and oxygen atoms in total. The van der Waals surface area contributed by atoms with Gasteiger partial charge in [0.05, 0.1) is 0 Å². The highest BCUT2D eigenvalue weighted by Crippen LogP contribution is 2.24. The van der Waals surface area contributed by atoms with E-state index in [9.17, 15) is 0 Å². The number of ether oxygens (including phenoxy) is 1. The van der Waals surface area contributed by atoms with E-state index in [0.29, 0.717) is 18.2 Å². The van der Waals surface area contributed by atoms with E-state index in [1.807, 2.05) is 6.07 Å². The van der Waals surface area contributed by atoms with Gasteiger partial charge in [0.25, 0.3) is 0 Å². The molecular weight excluding hydrogens is 284 g/mol. The van der Waals surface area contributed by atoms with Gasteiger partial charge in [-0.05, 0) is 19.4 Å². The van der Waals surface area contributed by atoms with Crippen LogP contribution in [0.1, 0.15) is 22.5 Å². The monoisotopic (exact) mass is 304 g/mol. The number of nitrogens with one attached hydrogen (secondary N) is 1. The average Bonchev–Trinajstić information content (AvgIpc) is 2.44. The second kappa shape index (κ2) is 7.40. The lowest BCUT2D eigenvalue weighted by molar-refractivity contribution is 0.177. The van der Waals surface area contributed by atoms with Gasteiger partial charge in [0.1, 0.15) is 17.5 Å². The van der Waals surface area contributed by atoms with Crippen LogP contribution < -0.4 is 11.3 Å². The van der Waals surface area contributed by atoms with Crippen LogP contribution in [0, 0.1) is 13.8 Å². The van der Waals surface area contributed by atoms with Crippen molar-refractivity contribution in [3.63, 3.8) is 0 Å². The molecule has 2 aromatic rings. The van der Waals surface area contributed by atoms with Crippen molar-refractivity contribution in [1.82, 2.24) is 9.97 Å². The van der Waals surface area contributed by atoms with Crippen molar-refractivity contribution in [2.45, 2.75) is 31.2 Å². The number of rotatable bonds is 6. The molecule has 21 heavy (non-hydrogen) atoms. The standard InChI is InChI=1S/C15H20N4OS/c1-10-4-11(2)6-12(5-10)9-21-15-7-13(19-16)17-14(18-15)8-20-3/h4-7H,8-9,16H2,1-3H3,(H,17,18,19). The van der Waals surface area contributed by atoms with Crippen LogP contribution in [-0.2, 0) is 17.1 Å². The number of benzene rings is 1. The number of methoxy groups -OCH3 is 1. The summed E-state index contributed by atoms with van der Waals surface area (Å²) in [6, 6.07) is 8.40. The van der Waals surface area contributed by atoms with Gasteiger partial charge in [0, 0.05) is 18.9 Å². The van der Waals surface area contributed by atoms with Crippen LogP contribution in [0.4, 0.5) is 5.82 Å². The molecule has 6 heteroatoms. The Hall–Kier alpha value is -1.63. The Kier molecular flexibility index (Phi) is 5.55. The summed E-state index contributed by atoms with van der Waals surface area (Å²) in [5.41, 5.74) is 6.40.